The van der Waals surface area contributed by atoms with Gasteiger partial charge in [-0.3, -0.25) is 4.98 Å². The molecule has 0 unspecified atom stereocenters. The van der Waals surface area contributed by atoms with E-state index < -0.39 is 0 Å². The lowest BCUT2D eigenvalue weighted by Crippen LogP contribution is -1.83. The number of fused-ring (bicyclic) bond motifs is 1. The highest BCUT2D eigenvalue weighted by molar-refractivity contribution is 5.54. The zero-order chi connectivity index (χ0) is 6.97. The second-order valence-electron chi connectivity index (χ2n) is 1.85. The Labute approximate surface area is 57.1 Å². The van der Waals surface area contributed by atoms with E-state index in [0.717, 1.165) is 11.4 Å². The third kappa shape index (κ3) is 0.500. The van der Waals surface area contributed by atoms with Crippen LogP contribution in [0, 0.1) is 0 Å². The van der Waals surface area contributed by atoms with Crippen molar-refractivity contribution in [3.05, 3.63) is 18.5 Å². The molecule has 0 aliphatic carbocycles. The summed E-state index contributed by atoms with van der Waals surface area (Å²) in [4.78, 5) is 5.31. The Hall–Kier alpha value is -1.58. The lowest BCUT2D eigenvalue weighted by atomic mass is 10.4. The van der Waals surface area contributed by atoms with E-state index in [4.69, 9.17) is 4.52 Å². The molecule has 0 atom stereocenters. The first-order valence-corrected chi connectivity index (χ1v) is 2.80. The Kier molecular flexibility index (Phi) is 0.887. The van der Waals surface area contributed by atoms with Gasteiger partial charge in [-0.1, -0.05) is 4.85 Å². The number of nitrogens with zero attached hydrogens (tertiary/aromatic N) is 3. The van der Waals surface area contributed by atoms with Gasteiger partial charge in [0.1, 0.15) is 17.7 Å². The largest absolute Gasteiger partial charge is 0.363 e. The fourth-order valence-electron chi connectivity index (χ4n) is 0.858. The maximum Gasteiger partial charge on any atom is 0.150 e. The van der Waals surface area contributed by atoms with Crippen molar-refractivity contribution in [3.63, 3.8) is 0 Å². The molecule has 2 heterocycles. The lowest BCUT2D eigenvalue weighted by Gasteiger charge is -1.88. The molecule has 0 bridgehead atoms. The maximum atomic E-state index is 4.93. The topological polar surface area (TPSA) is 43.3 Å². The molecule has 2 aliphatic rings. The molecule has 10 heavy (non-hydrogen) atoms. The third-order valence-corrected chi connectivity index (χ3v) is 1.31. The Balaban J connectivity index is 2.71. The van der Waals surface area contributed by atoms with Crippen LogP contribution >= 0.6 is 0 Å². The van der Waals surface area contributed by atoms with E-state index in [-0.39, 0.29) is 0 Å². The minimum Gasteiger partial charge on any atom is -0.363 e. The summed E-state index contributed by atoms with van der Waals surface area (Å²) in [5, 5.41) is 3.59. The van der Waals surface area contributed by atoms with Gasteiger partial charge in [0.25, 0.3) is 0 Å². The van der Waals surface area contributed by atoms with Gasteiger partial charge in [0.2, 0.25) is 0 Å². The molecule has 4 nitrogen and oxygen atoms in total. The zero-order valence-electron chi connectivity index (χ0n) is 5.19. The van der Waals surface area contributed by atoms with Gasteiger partial charge in [0, 0.05) is 12.9 Å². The van der Waals surface area contributed by atoms with Crippen molar-refractivity contribution in [2.24, 2.45) is 5.10 Å². The Bertz CT molecular complexity index is 322. The summed E-state index contributed by atoms with van der Waals surface area (Å²) in [6.07, 6.45) is 3.23. The molecule has 0 spiro atoms. The van der Waals surface area contributed by atoms with E-state index >= 15 is 0 Å². The van der Waals surface area contributed by atoms with Crippen molar-refractivity contribution in [1.82, 2.24) is 9.83 Å². The number of hydrogen-bond acceptors (Lipinski definition) is 3. The summed E-state index contributed by atoms with van der Waals surface area (Å²) in [6.45, 7) is 3.32. The van der Waals surface area contributed by atoms with Crippen LogP contribution in [0.1, 0.15) is 0 Å². The van der Waals surface area contributed by atoms with Crippen LogP contribution in [0.3, 0.4) is 0 Å². The predicted molar refractivity (Wildman–Crippen MR) is 36.1 cm³/mol. The van der Waals surface area contributed by atoms with Crippen molar-refractivity contribution >= 4 is 6.72 Å². The van der Waals surface area contributed by atoms with Gasteiger partial charge >= 0.3 is 0 Å². The highest BCUT2D eigenvalue weighted by atomic mass is 16.5. The Morgan fingerprint density at radius 2 is 2.60 bits per heavy atom. The minimum absolute atomic E-state index is 0.799. The second kappa shape index (κ2) is 1.70. The predicted octanol–water partition coefficient (Wildman–Crippen LogP) is 1.04. The molecule has 0 saturated carbocycles. The lowest BCUT2D eigenvalue weighted by molar-refractivity contribution is 0.306. The van der Waals surface area contributed by atoms with Crippen LogP contribution in [0.15, 0.2) is 28.2 Å². The summed E-state index contributed by atoms with van der Waals surface area (Å²) in [5.74, 6) is 0. The van der Waals surface area contributed by atoms with Crippen molar-refractivity contribution in [2.45, 2.75) is 0 Å². The van der Waals surface area contributed by atoms with Gasteiger partial charge in [-0.15, -0.1) is 0 Å². The smallest absolute Gasteiger partial charge is 0.150 e. The molecule has 0 aromatic carbocycles. The SMILES string of the molecule is C=Nn1occ2nccc1-2. The van der Waals surface area contributed by atoms with Crippen LogP contribution in [0.25, 0.3) is 11.4 Å². The molecule has 50 valence electrons. The summed E-state index contributed by atoms with van der Waals surface area (Å²) in [6, 6.07) is 1.81. The van der Waals surface area contributed by atoms with Crippen LogP contribution < -0.4 is 0 Å². The third-order valence-electron chi connectivity index (χ3n) is 1.31. The summed E-state index contributed by atoms with van der Waals surface area (Å²) in [7, 11) is 0. The molecule has 0 amide bonds. The van der Waals surface area contributed by atoms with Gasteiger partial charge in [0.05, 0.1) is 0 Å². The van der Waals surface area contributed by atoms with E-state index in [9.17, 15) is 0 Å². The highest BCUT2D eigenvalue weighted by Gasteiger charge is 2.09. The zero-order valence-corrected chi connectivity index (χ0v) is 5.19. The first-order chi connectivity index (χ1) is 4.92. The maximum absolute atomic E-state index is 4.93. The van der Waals surface area contributed by atoms with Gasteiger partial charge in [-0.2, -0.15) is 5.10 Å². The van der Waals surface area contributed by atoms with E-state index in [1.807, 2.05) is 6.07 Å². The van der Waals surface area contributed by atoms with E-state index in [2.05, 4.69) is 16.8 Å². The van der Waals surface area contributed by atoms with Crippen LogP contribution in [-0.4, -0.2) is 16.6 Å². The number of hydrogen-bond donors (Lipinski definition) is 0. The number of rotatable bonds is 1. The molecule has 2 rings (SSSR count). The molecule has 2 aliphatic heterocycles. The summed E-state index contributed by atoms with van der Waals surface area (Å²) in [5.41, 5.74) is 1.64. The Morgan fingerprint density at radius 1 is 1.70 bits per heavy atom. The number of aromatic nitrogens is 2. The molecule has 4 heteroatoms. The summed E-state index contributed by atoms with van der Waals surface area (Å²) >= 11 is 0. The average Bonchev–Trinajstić information content (AvgIpc) is 2.44. The normalized spacial score (nSPS) is 10.4. The molecule has 0 saturated heterocycles. The average molecular weight is 135 g/mol. The van der Waals surface area contributed by atoms with Crippen LogP contribution in [0.4, 0.5) is 0 Å². The summed E-state index contributed by atoms with van der Waals surface area (Å²) < 4.78 is 4.93. The molecule has 0 radical (unpaired) electrons. The fraction of sp³-hybridized carbons (Fsp3) is 0. The standard InChI is InChI=1S/C6H5N3O/c1-7-9-6-2-3-8-5(6)4-10-9/h2-4H,1H2. The van der Waals surface area contributed by atoms with Crippen molar-refractivity contribution in [3.8, 4) is 11.4 Å². The van der Waals surface area contributed by atoms with Crippen molar-refractivity contribution in [1.29, 1.82) is 0 Å². The Morgan fingerprint density at radius 3 is 3.40 bits per heavy atom. The van der Waals surface area contributed by atoms with E-state index in [1.165, 1.54) is 11.1 Å². The first-order valence-electron chi connectivity index (χ1n) is 2.80. The monoisotopic (exact) mass is 135 g/mol. The molecule has 0 aromatic heterocycles. The van der Waals surface area contributed by atoms with E-state index in [0.29, 0.717) is 0 Å². The van der Waals surface area contributed by atoms with Gasteiger partial charge < -0.3 is 4.52 Å². The quantitative estimate of drug-likeness (QED) is 0.548. The molecular formula is C6H5N3O. The second-order valence-corrected chi connectivity index (χ2v) is 1.85. The first kappa shape index (κ1) is 5.22. The minimum atomic E-state index is 0.799. The van der Waals surface area contributed by atoms with Crippen molar-refractivity contribution in [2.75, 3.05) is 0 Å². The fourth-order valence-corrected chi connectivity index (χ4v) is 0.858. The molecular weight excluding hydrogens is 130 g/mol. The van der Waals surface area contributed by atoms with Crippen LogP contribution in [0.2, 0.25) is 0 Å². The van der Waals surface area contributed by atoms with E-state index in [1.54, 1.807) is 6.20 Å². The molecule has 0 aromatic rings. The molecule has 0 N–H and O–H groups in total. The van der Waals surface area contributed by atoms with Gasteiger partial charge in [-0.05, 0) is 6.07 Å². The van der Waals surface area contributed by atoms with Crippen LogP contribution in [-0.2, 0) is 0 Å². The highest BCUT2D eigenvalue weighted by Crippen LogP contribution is 2.19. The molecule has 0 fully saturated rings. The van der Waals surface area contributed by atoms with Gasteiger partial charge in [-0.25, -0.2) is 0 Å². The van der Waals surface area contributed by atoms with Gasteiger partial charge in [0.15, 0.2) is 0 Å². The van der Waals surface area contributed by atoms with Crippen molar-refractivity contribution < 1.29 is 4.52 Å². The van der Waals surface area contributed by atoms with Crippen LogP contribution in [0.5, 0.6) is 0 Å².